The first kappa shape index (κ1) is 18.0. The van der Waals surface area contributed by atoms with E-state index < -0.39 is 17.4 Å². The number of carbonyl (C=O) groups is 3. The first-order valence-corrected chi connectivity index (χ1v) is 8.67. The Kier molecular flexibility index (Phi) is 4.71. The normalized spacial score (nSPS) is 14.7. The fraction of sp³-hybridized carbons (Fsp3) is 0.421. The molecule has 26 heavy (non-hydrogen) atoms. The Morgan fingerprint density at radius 3 is 2.23 bits per heavy atom. The number of hydrogen-bond donors (Lipinski definition) is 0. The van der Waals surface area contributed by atoms with E-state index in [1.807, 2.05) is 0 Å². The largest absolute Gasteiger partial charge is 0.465 e. The molecule has 2 aromatic heterocycles. The van der Waals surface area contributed by atoms with E-state index in [4.69, 9.17) is 9.47 Å². The van der Waals surface area contributed by atoms with E-state index in [1.165, 1.54) is 0 Å². The van der Waals surface area contributed by atoms with Gasteiger partial charge in [0.15, 0.2) is 0 Å². The van der Waals surface area contributed by atoms with Crippen LogP contribution in [0.1, 0.15) is 42.1 Å². The van der Waals surface area contributed by atoms with Crippen molar-refractivity contribution in [1.82, 2.24) is 9.13 Å². The van der Waals surface area contributed by atoms with E-state index >= 15 is 0 Å². The summed E-state index contributed by atoms with van der Waals surface area (Å²) in [6.45, 7) is 4.07. The molecule has 0 amide bonds. The van der Waals surface area contributed by atoms with Crippen LogP contribution in [0.4, 0.5) is 0 Å². The van der Waals surface area contributed by atoms with E-state index in [2.05, 4.69) is 0 Å². The summed E-state index contributed by atoms with van der Waals surface area (Å²) >= 11 is 0. The maximum Gasteiger partial charge on any atom is 0.329 e. The van der Waals surface area contributed by atoms with Crippen molar-refractivity contribution in [1.29, 1.82) is 0 Å². The molecule has 0 radical (unpaired) electrons. The molecule has 7 heteroatoms. The molecule has 1 aliphatic heterocycles. The van der Waals surface area contributed by atoms with Crippen LogP contribution in [0, 0.1) is 0 Å². The topological polar surface area (TPSA) is 79.5 Å². The molecule has 0 fully saturated rings. The Morgan fingerprint density at radius 1 is 1.04 bits per heavy atom. The summed E-state index contributed by atoms with van der Waals surface area (Å²) in [5.41, 5.74) is -0.0847. The summed E-state index contributed by atoms with van der Waals surface area (Å²) in [6.07, 6.45) is 2.01. The molecule has 7 nitrogen and oxygen atoms in total. The molecule has 0 unspecified atom stereocenters. The summed E-state index contributed by atoms with van der Waals surface area (Å²) in [6, 6.07) is 6.83. The summed E-state index contributed by atoms with van der Waals surface area (Å²) in [4.78, 5) is 38.2. The molecule has 0 aliphatic carbocycles. The zero-order valence-electron chi connectivity index (χ0n) is 15.2. The van der Waals surface area contributed by atoms with Gasteiger partial charge in [0, 0.05) is 25.5 Å². The third-order valence-electron chi connectivity index (χ3n) is 4.79. The van der Waals surface area contributed by atoms with Gasteiger partial charge in [0.05, 0.1) is 24.6 Å². The van der Waals surface area contributed by atoms with Gasteiger partial charge < -0.3 is 18.6 Å². The smallest absolute Gasteiger partial charge is 0.329 e. The van der Waals surface area contributed by atoms with Crippen LogP contribution in [0.25, 0.3) is 0 Å². The summed E-state index contributed by atoms with van der Waals surface area (Å²) in [5, 5.41) is 0. The number of ether oxygens (including phenoxy) is 2. The number of hydrogen-bond acceptors (Lipinski definition) is 5. The molecule has 0 aromatic carbocycles. The molecule has 138 valence electrons. The maximum absolute atomic E-state index is 12.9. The minimum Gasteiger partial charge on any atom is -0.465 e. The van der Waals surface area contributed by atoms with Gasteiger partial charge in [-0.1, -0.05) is 0 Å². The highest BCUT2D eigenvalue weighted by atomic mass is 16.6. The Labute approximate surface area is 151 Å². The molecular weight excluding hydrogens is 336 g/mol. The molecule has 2 aromatic rings. The zero-order chi connectivity index (χ0) is 18.9. The average molecular weight is 358 g/mol. The van der Waals surface area contributed by atoms with Crippen LogP contribution in [0.15, 0.2) is 30.5 Å². The lowest BCUT2D eigenvalue weighted by atomic mass is 9.83. The van der Waals surface area contributed by atoms with Crippen molar-refractivity contribution in [2.75, 3.05) is 13.2 Å². The number of carbonyl (C=O) groups excluding carboxylic acids is 3. The molecule has 0 saturated carbocycles. The molecule has 1 aliphatic rings. The Hall–Kier alpha value is -2.83. The highest BCUT2D eigenvalue weighted by Gasteiger charge is 2.55. The van der Waals surface area contributed by atoms with Crippen molar-refractivity contribution in [2.24, 2.45) is 7.05 Å². The molecule has 0 atom stereocenters. The van der Waals surface area contributed by atoms with Gasteiger partial charge in [-0.3, -0.25) is 14.4 Å². The molecule has 3 heterocycles. The predicted molar refractivity (Wildman–Crippen MR) is 92.8 cm³/mol. The van der Waals surface area contributed by atoms with Crippen molar-refractivity contribution in [3.05, 3.63) is 47.5 Å². The van der Waals surface area contributed by atoms with Crippen LogP contribution in [0.5, 0.6) is 0 Å². The predicted octanol–water partition coefficient (Wildman–Crippen LogP) is 1.83. The van der Waals surface area contributed by atoms with Gasteiger partial charge in [-0.25, -0.2) is 0 Å². The standard InChI is InChI=1S/C19H22N2O5/c1-4-25-17(23)19(18(24)26-5-2)10-12-21-14(8-9-15(19)21)16(22)13-7-6-11-20(13)3/h6-9,11H,4-5,10,12H2,1-3H3. The fourth-order valence-corrected chi connectivity index (χ4v) is 3.52. The van der Waals surface area contributed by atoms with Crippen LogP contribution in [-0.4, -0.2) is 40.1 Å². The minimum atomic E-state index is -1.52. The Bertz CT molecular complexity index is 843. The lowest BCUT2D eigenvalue weighted by molar-refractivity contribution is -0.164. The second kappa shape index (κ2) is 6.82. The zero-order valence-corrected chi connectivity index (χ0v) is 15.2. The van der Waals surface area contributed by atoms with Crippen molar-refractivity contribution < 1.29 is 23.9 Å². The highest BCUT2D eigenvalue weighted by Crippen LogP contribution is 2.39. The van der Waals surface area contributed by atoms with Gasteiger partial charge in [-0.15, -0.1) is 0 Å². The van der Waals surface area contributed by atoms with Crippen LogP contribution in [0.3, 0.4) is 0 Å². The number of nitrogens with zero attached hydrogens (tertiary/aromatic N) is 2. The minimum absolute atomic E-state index is 0.160. The molecule has 0 N–H and O–H groups in total. The summed E-state index contributed by atoms with van der Waals surface area (Å²) < 4.78 is 13.8. The lowest BCUT2D eigenvalue weighted by Crippen LogP contribution is -2.44. The Morgan fingerprint density at radius 2 is 1.69 bits per heavy atom. The van der Waals surface area contributed by atoms with E-state index in [9.17, 15) is 14.4 Å². The molecule has 0 bridgehead atoms. The Balaban J connectivity index is 2.06. The number of rotatable bonds is 6. The van der Waals surface area contributed by atoms with Gasteiger partial charge in [-0.05, 0) is 44.5 Å². The molecule has 0 saturated heterocycles. The number of ketones is 1. The fourth-order valence-electron chi connectivity index (χ4n) is 3.52. The molecule has 0 spiro atoms. The first-order chi connectivity index (χ1) is 12.5. The lowest BCUT2D eigenvalue weighted by Gasteiger charge is -2.23. The van der Waals surface area contributed by atoms with Gasteiger partial charge in [0.2, 0.25) is 11.2 Å². The van der Waals surface area contributed by atoms with E-state index in [0.717, 1.165) is 0 Å². The van der Waals surface area contributed by atoms with E-state index in [0.29, 0.717) is 23.6 Å². The van der Waals surface area contributed by atoms with E-state index in [-0.39, 0.29) is 25.4 Å². The number of aromatic nitrogens is 2. The van der Waals surface area contributed by atoms with Gasteiger partial charge in [-0.2, -0.15) is 0 Å². The van der Waals surface area contributed by atoms with Crippen LogP contribution >= 0.6 is 0 Å². The van der Waals surface area contributed by atoms with Crippen molar-refractivity contribution in [3.63, 3.8) is 0 Å². The summed E-state index contributed by atoms with van der Waals surface area (Å²) in [7, 11) is 1.79. The van der Waals surface area contributed by atoms with Gasteiger partial charge in [0.25, 0.3) is 0 Å². The number of fused-ring (bicyclic) bond motifs is 1. The maximum atomic E-state index is 12.9. The highest BCUT2D eigenvalue weighted by molar-refractivity contribution is 6.09. The number of esters is 2. The first-order valence-electron chi connectivity index (χ1n) is 8.67. The monoisotopic (exact) mass is 358 g/mol. The second-order valence-corrected chi connectivity index (χ2v) is 6.19. The average Bonchev–Trinajstić information content (AvgIpc) is 3.29. The van der Waals surface area contributed by atoms with Crippen LogP contribution in [0.2, 0.25) is 0 Å². The van der Waals surface area contributed by atoms with Gasteiger partial charge in [0.1, 0.15) is 0 Å². The molecule has 3 rings (SSSR count). The van der Waals surface area contributed by atoms with Crippen LogP contribution in [-0.2, 0) is 38.1 Å². The van der Waals surface area contributed by atoms with Crippen molar-refractivity contribution in [2.45, 2.75) is 32.2 Å². The van der Waals surface area contributed by atoms with Crippen molar-refractivity contribution in [3.8, 4) is 0 Å². The SMILES string of the molecule is CCOC(=O)C1(C(=O)OCC)CCn2c(C(=O)c3cccn3C)ccc21. The second-order valence-electron chi connectivity index (χ2n) is 6.19. The number of aryl methyl sites for hydroxylation is 1. The van der Waals surface area contributed by atoms with E-state index in [1.54, 1.807) is 60.5 Å². The molecular formula is C19H22N2O5. The quantitative estimate of drug-likeness (QED) is 0.447. The van der Waals surface area contributed by atoms with Gasteiger partial charge >= 0.3 is 11.9 Å². The third kappa shape index (κ3) is 2.55. The van der Waals surface area contributed by atoms with Crippen LogP contribution < -0.4 is 0 Å². The summed E-state index contributed by atoms with van der Waals surface area (Å²) in [5.74, 6) is -1.42. The van der Waals surface area contributed by atoms with Crippen molar-refractivity contribution >= 4 is 17.7 Å². The third-order valence-corrected chi connectivity index (χ3v) is 4.79.